The Morgan fingerprint density at radius 2 is 1.90 bits per heavy atom. The third-order valence-corrected chi connectivity index (χ3v) is 4.91. The molecule has 0 saturated heterocycles. The third-order valence-electron chi connectivity index (χ3n) is 4.91. The van der Waals surface area contributed by atoms with Gasteiger partial charge >= 0.3 is 0 Å². The quantitative estimate of drug-likeness (QED) is 0.850. The molecule has 2 aliphatic carbocycles. The molecule has 2 fully saturated rings. The van der Waals surface area contributed by atoms with Crippen LogP contribution in [0, 0.1) is 17.8 Å². The van der Waals surface area contributed by atoms with Crippen molar-refractivity contribution in [3.8, 4) is 0 Å². The second-order valence-corrected chi connectivity index (χ2v) is 6.32. The summed E-state index contributed by atoms with van der Waals surface area (Å²) in [4.78, 5) is 23.3. The van der Waals surface area contributed by atoms with Crippen LogP contribution in [0.1, 0.15) is 49.4 Å². The zero-order valence-corrected chi connectivity index (χ0v) is 11.9. The minimum absolute atomic E-state index is 0.0462. The number of nitrogens with one attached hydrogen (secondary N) is 1. The van der Waals surface area contributed by atoms with Gasteiger partial charge in [-0.15, -0.1) is 0 Å². The van der Waals surface area contributed by atoms with Crippen LogP contribution < -0.4 is 5.32 Å². The van der Waals surface area contributed by atoms with Crippen LogP contribution in [0.5, 0.6) is 0 Å². The van der Waals surface area contributed by atoms with Gasteiger partial charge in [0.15, 0.2) is 5.78 Å². The van der Waals surface area contributed by atoms with Crippen molar-refractivity contribution in [2.75, 3.05) is 5.32 Å². The Labute approximate surface area is 119 Å². The lowest BCUT2D eigenvalue weighted by Crippen LogP contribution is -2.20. The van der Waals surface area contributed by atoms with Crippen molar-refractivity contribution in [2.24, 2.45) is 17.8 Å². The number of carbonyl (C=O) groups excluding carboxylic acids is 2. The number of rotatable bonds is 4. The molecule has 0 heterocycles. The lowest BCUT2D eigenvalue weighted by atomic mass is 9.86. The van der Waals surface area contributed by atoms with Gasteiger partial charge in [0.25, 0.3) is 0 Å². The Balaban J connectivity index is 1.55. The van der Waals surface area contributed by atoms with Gasteiger partial charge in [0.2, 0.25) is 5.91 Å². The Hall–Kier alpha value is -1.64. The average Bonchev–Trinajstić information content (AvgIpc) is 3.01. The fraction of sp³-hybridized carbons (Fsp3) is 0.529. The smallest absolute Gasteiger partial charge is 0.224 e. The summed E-state index contributed by atoms with van der Waals surface area (Å²) < 4.78 is 0. The second-order valence-electron chi connectivity index (χ2n) is 6.32. The van der Waals surface area contributed by atoms with Crippen molar-refractivity contribution in [1.29, 1.82) is 0 Å². The van der Waals surface area contributed by atoms with E-state index in [-0.39, 0.29) is 11.7 Å². The highest BCUT2D eigenvalue weighted by atomic mass is 16.1. The number of hydrogen-bond acceptors (Lipinski definition) is 2. The predicted octanol–water partition coefficient (Wildman–Crippen LogP) is 3.65. The summed E-state index contributed by atoms with van der Waals surface area (Å²) in [7, 11) is 0. The van der Waals surface area contributed by atoms with Crippen molar-refractivity contribution in [2.45, 2.75) is 39.0 Å². The summed E-state index contributed by atoms with van der Waals surface area (Å²) >= 11 is 0. The Morgan fingerprint density at radius 3 is 2.45 bits per heavy atom. The van der Waals surface area contributed by atoms with Crippen LogP contribution in [-0.2, 0) is 4.79 Å². The number of amides is 1. The van der Waals surface area contributed by atoms with Crippen molar-refractivity contribution in [1.82, 2.24) is 0 Å². The highest BCUT2D eigenvalue weighted by Gasteiger charge is 2.40. The summed E-state index contributed by atoms with van der Waals surface area (Å²) in [5.41, 5.74) is 1.46. The van der Waals surface area contributed by atoms with Crippen LogP contribution in [0.4, 0.5) is 5.69 Å². The molecule has 2 aliphatic rings. The highest BCUT2D eigenvalue weighted by molar-refractivity contribution is 5.95. The molecule has 3 atom stereocenters. The maximum Gasteiger partial charge on any atom is 0.224 e. The van der Waals surface area contributed by atoms with Gasteiger partial charge in [-0.25, -0.2) is 0 Å². The number of hydrogen-bond donors (Lipinski definition) is 1. The Morgan fingerprint density at radius 1 is 1.15 bits per heavy atom. The first-order valence-electron chi connectivity index (χ1n) is 7.52. The average molecular weight is 271 g/mol. The highest BCUT2D eigenvalue weighted by Crippen LogP contribution is 2.49. The fourth-order valence-corrected chi connectivity index (χ4v) is 3.86. The van der Waals surface area contributed by atoms with Gasteiger partial charge in [0.05, 0.1) is 0 Å². The Bertz CT molecular complexity index is 520. The monoisotopic (exact) mass is 271 g/mol. The van der Waals surface area contributed by atoms with Crippen molar-refractivity contribution in [3.05, 3.63) is 29.8 Å². The first-order chi connectivity index (χ1) is 9.61. The summed E-state index contributed by atoms with van der Waals surface area (Å²) in [6.07, 6.45) is 5.91. The van der Waals surface area contributed by atoms with Crippen LogP contribution in [0.3, 0.4) is 0 Å². The van der Waals surface area contributed by atoms with Crippen molar-refractivity contribution >= 4 is 17.4 Å². The standard InChI is InChI=1S/C17H21NO2/c1-11(19)13-4-6-16(7-5-13)18-17(20)10-15-9-12-2-3-14(15)8-12/h4-7,12,14-15H,2-3,8-10H2,1H3,(H,18,20)/t12-,14+,15-/m0/s1. The molecule has 3 heteroatoms. The zero-order valence-electron chi connectivity index (χ0n) is 11.9. The van der Waals surface area contributed by atoms with E-state index in [1.165, 1.54) is 25.7 Å². The predicted molar refractivity (Wildman–Crippen MR) is 78.6 cm³/mol. The molecule has 0 aromatic heterocycles. The molecule has 0 radical (unpaired) electrons. The molecule has 1 amide bonds. The summed E-state index contributed by atoms with van der Waals surface area (Å²) in [5.74, 6) is 2.41. The van der Waals surface area contributed by atoms with Gasteiger partial charge < -0.3 is 5.32 Å². The van der Waals surface area contributed by atoms with Crippen molar-refractivity contribution in [3.63, 3.8) is 0 Å². The Kier molecular flexibility index (Phi) is 3.60. The van der Waals surface area contributed by atoms with E-state index in [2.05, 4.69) is 5.32 Å². The van der Waals surface area contributed by atoms with E-state index in [4.69, 9.17) is 0 Å². The molecule has 3 rings (SSSR count). The minimum Gasteiger partial charge on any atom is -0.326 e. The molecule has 2 bridgehead atoms. The molecule has 3 nitrogen and oxygen atoms in total. The van der Waals surface area contributed by atoms with Crippen LogP contribution in [0.15, 0.2) is 24.3 Å². The topological polar surface area (TPSA) is 46.2 Å². The molecule has 0 unspecified atom stereocenters. The van der Waals surface area contributed by atoms with Gasteiger partial charge in [-0.05, 0) is 68.2 Å². The van der Waals surface area contributed by atoms with Gasteiger partial charge in [0.1, 0.15) is 0 Å². The van der Waals surface area contributed by atoms with E-state index in [1.807, 2.05) is 0 Å². The molecule has 1 aromatic rings. The first kappa shape index (κ1) is 13.3. The molecule has 106 valence electrons. The SMILES string of the molecule is CC(=O)c1ccc(NC(=O)C[C@@H]2C[C@H]3CC[C@@H]2C3)cc1. The summed E-state index contributed by atoms with van der Waals surface area (Å²) in [5, 5.41) is 2.94. The van der Waals surface area contributed by atoms with E-state index in [9.17, 15) is 9.59 Å². The van der Waals surface area contributed by atoms with E-state index >= 15 is 0 Å². The van der Waals surface area contributed by atoms with Gasteiger partial charge in [-0.2, -0.15) is 0 Å². The maximum absolute atomic E-state index is 12.1. The van der Waals surface area contributed by atoms with Crippen molar-refractivity contribution < 1.29 is 9.59 Å². The first-order valence-corrected chi connectivity index (χ1v) is 7.52. The van der Waals surface area contributed by atoms with Gasteiger partial charge in [0, 0.05) is 17.7 Å². The number of fused-ring (bicyclic) bond motifs is 2. The normalized spacial score (nSPS) is 27.6. The van der Waals surface area contributed by atoms with E-state index in [1.54, 1.807) is 31.2 Å². The van der Waals surface area contributed by atoms with E-state index < -0.39 is 0 Å². The van der Waals surface area contributed by atoms with Crippen LogP contribution in [-0.4, -0.2) is 11.7 Å². The maximum atomic E-state index is 12.1. The summed E-state index contributed by atoms with van der Waals surface area (Å²) in [6, 6.07) is 7.12. The van der Waals surface area contributed by atoms with E-state index in [0.717, 1.165) is 17.5 Å². The second kappa shape index (κ2) is 5.39. The largest absolute Gasteiger partial charge is 0.326 e. The number of Topliss-reactive ketones (excluding diaryl/α,β-unsaturated/α-hetero) is 1. The van der Waals surface area contributed by atoms with Gasteiger partial charge in [-0.1, -0.05) is 6.42 Å². The number of benzene rings is 1. The lowest BCUT2D eigenvalue weighted by Gasteiger charge is -2.20. The molecule has 1 N–H and O–H groups in total. The lowest BCUT2D eigenvalue weighted by molar-refractivity contribution is -0.117. The minimum atomic E-state index is 0.0462. The summed E-state index contributed by atoms with van der Waals surface area (Å²) in [6.45, 7) is 1.54. The van der Waals surface area contributed by atoms with Crippen LogP contribution >= 0.6 is 0 Å². The molecule has 0 spiro atoms. The number of ketones is 1. The van der Waals surface area contributed by atoms with Crippen LogP contribution in [0.25, 0.3) is 0 Å². The van der Waals surface area contributed by atoms with E-state index in [0.29, 0.717) is 17.9 Å². The molecular formula is C17H21NO2. The fourth-order valence-electron chi connectivity index (χ4n) is 3.86. The number of anilines is 1. The molecule has 1 aromatic carbocycles. The zero-order chi connectivity index (χ0) is 14.1. The molecule has 0 aliphatic heterocycles. The van der Waals surface area contributed by atoms with Crippen LogP contribution in [0.2, 0.25) is 0 Å². The molecular weight excluding hydrogens is 250 g/mol. The number of carbonyl (C=O) groups is 2. The third kappa shape index (κ3) is 2.77. The van der Waals surface area contributed by atoms with Gasteiger partial charge in [-0.3, -0.25) is 9.59 Å². The molecule has 20 heavy (non-hydrogen) atoms. The molecule has 2 saturated carbocycles.